The Morgan fingerprint density at radius 3 is 2.85 bits per heavy atom. The van der Waals surface area contributed by atoms with Crippen LogP contribution in [0.15, 0.2) is 33.8 Å². The average molecular weight is 178 g/mol. The van der Waals surface area contributed by atoms with Crippen molar-refractivity contribution in [3.05, 3.63) is 46.5 Å². The zero-order valence-electron chi connectivity index (χ0n) is 6.53. The number of hydrogen-bond donors (Lipinski definition) is 2. The van der Waals surface area contributed by atoms with E-state index in [1.165, 1.54) is 18.5 Å². The Balaban J connectivity index is 2.39. The highest BCUT2D eigenvalue weighted by atomic mass is 16.3. The molecule has 0 atom stereocenters. The summed E-state index contributed by atoms with van der Waals surface area (Å²) in [6.07, 6.45) is 2.71. The second-order valence-electron chi connectivity index (χ2n) is 2.46. The first-order valence-corrected chi connectivity index (χ1v) is 3.63. The molecular weight excluding hydrogens is 172 g/mol. The van der Waals surface area contributed by atoms with Crippen LogP contribution < -0.4 is 5.69 Å². The highest BCUT2D eigenvalue weighted by molar-refractivity contribution is 6.05. The van der Waals surface area contributed by atoms with Crippen molar-refractivity contribution in [3.63, 3.8) is 0 Å². The van der Waals surface area contributed by atoms with Gasteiger partial charge >= 0.3 is 5.69 Å². The summed E-state index contributed by atoms with van der Waals surface area (Å²) in [5, 5.41) is 0. The van der Waals surface area contributed by atoms with E-state index in [4.69, 9.17) is 4.42 Å². The lowest BCUT2D eigenvalue weighted by molar-refractivity contribution is 0.100. The molecule has 0 saturated carbocycles. The molecule has 0 saturated heterocycles. The molecule has 0 fully saturated rings. The van der Waals surface area contributed by atoms with Gasteiger partial charge in [0.05, 0.1) is 6.26 Å². The van der Waals surface area contributed by atoms with Crippen molar-refractivity contribution in [2.45, 2.75) is 0 Å². The van der Waals surface area contributed by atoms with Crippen LogP contribution in [-0.2, 0) is 0 Å². The molecule has 66 valence electrons. The van der Waals surface area contributed by atoms with Gasteiger partial charge in [0, 0.05) is 6.20 Å². The first-order valence-electron chi connectivity index (χ1n) is 3.63. The maximum Gasteiger partial charge on any atom is 0.323 e. The first-order chi connectivity index (χ1) is 6.27. The fourth-order valence-corrected chi connectivity index (χ4v) is 0.995. The number of ketones is 1. The Hall–Kier alpha value is -2.04. The number of aromatic amines is 2. The third-order valence-electron chi connectivity index (χ3n) is 1.59. The molecule has 2 rings (SSSR count). The maximum absolute atomic E-state index is 11.4. The Kier molecular flexibility index (Phi) is 1.63. The lowest BCUT2D eigenvalue weighted by Gasteiger charge is -1.89. The van der Waals surface area contributed by atoms with E-state index in [-0.39, 0.29) is 17.2 Å². The molecule has 5 heteroatoms. The second-order valence-corrected chi connectivity index (χ2v) is 2.46. The average Bonchev–Trinajstić information content (AvgIpc) is 2.72. The van der Waals surface area contributed by atoms with Crippen LogP contribution in [0, 0.1) is 0 Å². The molecular formula is C8H6N2O3. The molecule has 0 aliphatic rings. The van der Waals surface area contributed by atoms with Gasteiger partial charge in [-0.2, -0.15) is 0 Å². The highest BCUT2D eigenvalue weighted by Gasteiger charge is 2.12. The number of carbonyl (C=O) groups excluding carboxylic acids is 1. The van der Waals surface area contributed by atoms with Gasteiger partial charge in [0.1, 0.15) is 5.69 Å². The number of H-pyrrole nitrogens is 2. The van der Waals surface area contributed by atoms with Gasteiger partial charge in [-0.05, 0) is 12.1 Å². The van der Waals surface area contributed by atoms with E-state index in [1.807, 2.05) is 0 Å². The Labute approximate surface area is 72.4 Å². The van der Waals surface area contributed by atoms with Crippen molar-refractivity contribution in [1.29, 1.82) is 0 Å². The largest absolute Gasteiger partial charge is 0.461 e. The fourth-order valence-electron chi connectivity index (χ4n) is 0.995. The quantitative estimate of drug-likeness (QED) is 0.658. The lowest BCUT2D eigenvalue weighted by Crippen LogP contribution is -2.05. The number of furan rings is 1. The molecule has 2 heterocycles. The van der Waals surface area contributed by atoms with Crippen LogP contribution in [0.25, 0.3) is 0 Å². The predicted octanol–water partition coefficient (Wildman–Crippen LogP) is 0.527. The summed E-state index contributed by atoms with van der Waals surface area (Å²) >= 11 is 0. The van der Waals surface area contributed by atoms with Crippen LogP contribution in [0.5, 0.6) is 0 Å². The summed E-state index contributed by atoms with van der Waals surface area (Å²) in [6.45, 7) is 0. The standard InChI is InChI=1S/C8H6N2O3/c11-7(6-2-1-3-13-6)5-4-9-8(12)10-5/h1-4H,(H2,9,10,12). The number of aromatic nitrogens is 2. The summed E-state index contributed by atoms with van der Waals surface area (Å²) in [7, 11) is 0. The minimum absolute atomic E-state index is 0.194. The molecule has 0 aliphatic carbocycles. The van der Waals surface area contributed by atoms with Crippen LogP contribution >= 0.6 is 0 Å². The van der Waals surface area contributed by atoms with Gasteiger partial charge in [0.25, 0.3) is 0 Å². The Morgan fingerprint density at radius 1 is 1.46 bits per heavy atom. The minimum atomic E-state index is -0.407. The van der Waals surface area contributed by atoms with Crippen LogP contribution in [0.1, 0.15) is 16.2 Å². The third-order valence-corrected chi connectivity index (χ3v) is 1.59. The van der Waals surface area contributed by atoms with Crippen molar-refractivity contribution in [2.75, 3.05) is 0 Å². The third kappa shape index (κ3) is 1.31. The summed E-state index contributed by atoms with van der Waals surface area (Å²) < 4.78 is 4.87. The van der Waals surface area contributed by atoms with Gasteiger partial charge in [-0.15, -0.1) is 0 Å². The molecule has 0 amide bonds. The zero-order chi connectivity index (χ0) is 9.26. The van der Waals surface area contributed by atoms with Gasteiger partial charge in [-0.3, -0.25) is 4.79 Å². The van der Waals surface area contributed by atoms with Crippen molar-refractivity contribution in [2.24, 2.45) is 0 Å². The van der Waals surface area contributed by atoms with Crippen LogP contribution in [-0.4, -0.2) is 15.8 Å². The van der Waals surface area contributed by atoms with Crippen molar-refractivity contribution < 1.29 is 9.21 Å². The maximum atomic E-state index is 11.4. The molecule has 2 aromatic rings. The summed E-state index contributed by atoms with van der Waals surface area (Å²) in [4.78, 5) is 26.8. The molecule has 5 nitrogen and oxygen atoms in total. The van der Waals surface area contributed by atoms with Crippen molar-refractivity contribution in [3.8, 4) is 0 Å². The Bertz CT molecular complexity index is 464. The minimum Gasteiger partial charge on any atom is -0.461 e. The summed E-state index contributed by atoms with van der Waals surface area (Å²) in [5.41, 5.74) is -0.213. The van der Waals surface area contributed by atoms with Crippen molar-refractivity contribution in [1.82, 2.24) is 9.97 Å². The number of hydrogen-bond acceptors (Lipinski definition) is 3. The van der Waals surface area contributed by atoms with Gasteiger partial charge in [-0.1, -0.05) is 0 Å². The molecule has 0 aliphatic heterocycles. The monoisotopic (exact) mass is 178 g/mol. The molecule has 13 heavy (non-hydrogen) atoms. The second kappa shape index (κ2) is 2.78. The molecule has 0 unspecified atom stereocenters. The van der Waals surface area contributed by atoms with Gasteiger partial charge in [0.2, 0.25) is 5.78 Å². The Morgan fingerprint density at radius 2 is 2.31 bits per heavy atom. The van der Waals surface area contributed by atoms with Gasteiger partial charge in [-0.25, -0.2) is 4.79 Å². The van der Waals surface area contributed by atoms with Crippen LogP contribution in [0.2, 0.25) is 0 Å². The number of nitrogens with one attached hydrogen (secondary N) is 2. The van der Waals surface area contributed by atoms with Crippen LogP contribution in [0.3, 0.4) is 0 Å². The van der Waals surface area contributed by atoms with Gasteiger partial charge < -0.3 is 14.4 Å². The van der Waals surface area contributed by atoms with E-state index in [2.05, 4.69) is 9.97 Å². The van der Waals surface area contributed by atoms with E-state index in [1.54, 1.807) is 6.07 Å². The summed E-state index contributed by atoms with van der Waals surface area (Å²) in [5.74, 6) is -0.140. The van der Waals surface area contributed by atoms with E-state index in [0.29, 0.717) is 0 Å². The molecule has 0 bridgehead atoms. The van der Waals surface area contributed by atoms with E-state index in [9.17, 15) is 9.59 Å². The summed E-state index contributed by atoms with van der Waals surface area (Å²) in [6, 6.07) is 3.14. The fraction of sp³-hybridized carbons (Fsp3) is 0. The van der Waals surface area contributed by atoms with E-state index in [0.717, 1.165) is 0 Å². The molecule has 0 aromatic carbocycles. The first kappa shape index (κ1) is 7.60. The number of rotatable bonds is 2. The number of imidazole rings is 1. The SMILES string of the molecule is O=C(c1c[nH]c(=O)[nH]1)c1ccco1. The number of carbonyl (C=O) groups is 1. The van der Waals surface area contributed by atoms with E-state index < -0.39 is 5.69 Å². The normalized spacial score (nSPS) is 10.2. The predicted molar refractivity (Wildman–Crippen MR) is 43.6 cm³/mol. The van der Waals surface area contributed by atoms with E-state index >= 15 is 0 Å². The highest BCUT2D eigenvalue weighted by Crippen LogP contribution is 2.05. The molecule has 2 N–H and O–H groups in total. The molecule has 0 spiro atoms. The zero-order valence-corrected chi connectivity index (χ0v) is 6.53. The van der Waals surface area contributed by atoms with Crippen molar-refractivity contribution >= 4 is 5.78 Å². The van der Waals surface area contributed by atoms with Crippen LogP contribution in [0.4, 0.5) is 0 Å². The smallest absolute Gasteiger partial charge is 0.323 e. The topological polar surface area (TPSA) is 78.9 Å². The molecule has 0 radical (unpaired) electrons. The molecule has 2 aromatic heterocycles. The lowest BCUT2D eigenvalue weighted by atomic mass is 10.2. The van der Waals surface area contributed by atoms with Gasteiger partial charge in [0.15, 0.2) is 5.76 Å².